The van der Waals surface area contributed by atoms with Crippen molar-refractivity contribution >= 4 is 23.4 Å². The average Bonchev–Trinajstić information content (AvgIpc) is 2.69. The fourth-order valence-corrected chi connectivity index (χ4v) is 3.48. The second-order valence-corrected chi connectivity index (χ2v) is 6.98. The van der Waals surface area contributed by atoms with Crippen molar-refractivity contribution in [1.82, 2.24) is 9.38 Å². The first-order valence-corrected chi connectivity index (χ1v) is 9.38. The zero-order chi connectivity index (χ0) is 19.5. The van der Waals surface area contributed by atoms with Crippen LogP contribution in [0.4, 0.5) is 11.5 Å². The first-order chi connectivity index (χ1) is 13.6. The number of para-hydroxylation sites is 1. The highest BCUT2D eigenvalue weighted by Crippen LogP contribution is 2.21. The number of aromatic nitrogens is 2. The SMILES string of the molecule is CC1CN(c2nc3ccccn3c(=O)c2/C=N/Nc2ccccc2)CC(C)O1. The number of hydrogen-bond donors (Lipinski definition) is 1. The highest BCUT2D eigenvalue weighted by atomic mass is 16.5. The Morgan fingerprint density at radius 1 is 1.11 bits per heavy atom. The monoisotopic (exact) mass is 377 g/mol. The summed E-state index contributed by atoms with van der Waals surface area (Å²) in [5.41, 5.74) is 4.73. The first kappa shape index (κ1) is 18.2. The molecule has 28 heavy (non-hydrogen) atoms. The molecule has 1 aliphatic heterocycles. The minimum atomic E-state index is -0.147. The van der Waals surface area contributed by atoms with Crippen LogP contribution in [0.1, 0.15) is 19.4 Å². The molecule has 2 aromatic heterocycles. The molecule has 1 aliphatic rings. The van der Waals surface area contributed by atoms with Gasteiger partial charge in [0, 0.05) is 19.3 Å². The molecule has 0 amide bonds. The molecular formula is C21H23N5O2. The van der Waals surface area contributed by atoms with Crippen molar-refractivity contribution in [2.75, 3.05) is 23.4 Å². The fourth-order valence-electron chi connectivity index (χ4n) is 3.48. The van der Waals surface area contributed by atoms with Gasteiger partial charge in [-0.3, -0.25) is 14.6 Å². The highest BCUT2D eigenvalue weighted by Gasteiger charge is 2.26. The van der Waals surface area contributed by atoms with Crippen LogP contribution < -0.4 is 15.9 Å². The maximum atomic E-state index is 13.1. The van der Waals surface area contributed by atoms with E-state index >= 15 is 0 Å². The van der Waals surface area contributed by atoms with E-state index in [-0.39, 0.29) is 17.8 Å². The number of morpholine rings is 1. The molecule has 7 heteroatoms. The molecular weight excluding hydrogens is 354 g/mol. The van der Waals surface area contributed by atoms with E-state index in [0.717, 1.165) is 5.69 Å². The van der Waals surface area contributed by atoms with E-state index in [1.807, 2.05) is 62.4 Å². The van der Waals surface area contributed by atoms with Gasteiger partial charge >= 0.3 is 0 Å². The number of benzene rings is 1. The molecule has 1 saturated heterocycles. The Kier molecular flexibility index (Phi) is 5.08. The Hall–Kier alpha value is -3.19. The quantitative estimate of drug-likeness (QED) is 0.559. The van der Waals surface area contributed by atoms with Crippen molar-refractivity contribution in [3.05, 3.63) is 70.6 Å². The summed E-state index contributed by atoms with van der Waals surface area (Å²) in [7, 11) is 0. The van der Waals surface area contributed by atoms with E-state index in [4.69, 9.17) is 9.72 Å². The Morgan fingerprint density at radius 3 is 2.57 bits per heavy atom. The highest BCUT2D eigenvalue weighted by molar-refractivity contribution is 5.87. The Bertz CT molecular complexity index is 1040. The third-order valence-corrected chi connectivity index (χ3v) is 4.63. The summed E-state index contributed by atoms with van der Waals surface area (Å²) in [5.74, 6) is 0.636. The number of rotatable bonds is 4. The number of nitrogens with one attached hydrogen (secondary N) is 1. The molecule has 0 bridgehead atoms. The van der Waals surface area contributed by atoms with Gasteiger partial charge in [-0.15, -0.1) is 0 Å². The summed E-state index contributed by atoms with van der Waals surface area (Å²) < 4.78 is 7.38. The summed E-state index contributed by atoms with van der Waals surface area (Å²) in [6.45, 7) is 5.40. The predicted molar refractivity (Wildman–Crippen MR) is 111 cm³/mol. The van der Waals surface area contributed by atoms with Crippen LogP contribution in [0.15, 0.2) is 64.6 Å². The van der Waals surface area contributed by atoms with Gasteiger partial charge < -0.3 is 9.64 Å². The third kappa shape index (κ3) is 3.75. The van der Waals surface area contributed by atoms with Crippen LogP contribution in [-0.4, -0.2) is 40.9 Å². The van der Waals surface area contributed by atoms with Gasteiger partial charge in [-0.2, -0.15) is 5.10 Å². The van der Waals surface area contributed by atoms with Crippen LogP contribution in [0, 0.1) is 0 Å². The van der Waals surface area contributed by atoms with Gasteiger partial charge in [-0.25, -0.2) is 4.98 Å². The van der Waals surface area contributed by atoms with Gasteiger partial charge in [-0.1, -0.05) is 24.3 Å². The molecule has 0 spiro atoms. The minimum Gasteiger partial charge on any atom is -0.372 e. The molecule has 7 nitrogen and oxygen atoms in total. The molecule has 4 rings (SSSR count). The topological polar surface area (TPSA) is 71.2 Å². The van der Waals surface area contributed by atoms with Crippen LogP contribution in [-0.2, 0) is 4.74 Å². The number of hydrogen-bond acceptors (Lipinski definition) is 6. The van der Waals surface area contributed by atoms with Gasteiger partial charge in [0.15, 0.2) is 0 Å². The first-order valence-electron chi connectivity index (χ1n) is 9.38. The molecule has 0 radical (unpaired) electrons. The second-order valence-electron chi connectivity index (χ2n) is 6.98. The van der Waals surface area contributed by atoms with Crippen molar-refractivity contribution in [3.63, 3.8) is 0 Å². The number of ether oxygens (including phenoxy) is 1. The lowest BCUT2D eigenvalue weighted by Gasteiger charge is -2.36. The number of anilines is 2. The molecule has 0 aliphatic carbocycles. The Balaban J connectivity index is 1.76. The minimum absolute atomic E-state index is 0.0620. The molecule has 3 aromatic rings. The zero-order valence-corrected chi connectivity index (χ0v) is 15.9. The van der Waals surface area contributed by atoms with Gasteiger partial charge in [0.1, 0.15) is 17.0 Å². The number of pyridine rings is 1. The summed E-state index contributed by atoms with van der Waals surface area (Å²) in [4.78, 5) is 20.0. The lowest BCUT2D eigenvalue weighted by Crippen LogP contribution is -2.47. The van der Waals surface area contributed by atoms with E-state index < -0.39 is 0 Å². The molecule has 1 aromatic carbocycles. The molecule has 2 unspecified atom stereocenters. The predicted octanol–water partition coefficient (Wildman–Crippen LogP) is 2.75. The second kappa shape index (κ2) is 7.82. The number of fused-ring (bicyclic) bond motifs is 1. The molecule has 0 saturated carbocycles. The van der Waals surface area contributed by atoms with Crippen molar-refractivity contribution in [1.29, 1.82) is 0 Å². The molecule has 1 fully saturated rings. The smallest absolute Gasteiger partial charge is 0.268 e. The van der Waals surface area contributed by atoms with Crippen molar-refractivity contribution in [2.24, 2.45) is 5.10 Å². The maximum absolute atomic E-state index is 13.1. The van der Waals surface area contributed by atoms with Crippen molar-refractivity contribution in [2.45, 2.75) is 26.1 Å². The normalized spacial score (nSPS) is 20.0. The van der Waals surface area contributed by atoms with E-state index in [2.05, 4.69) is 15.4 Å². The van der Waals surface area contributed by atoms with E-state index in [0.29, 0.717) is 30.1 Å². The standard InChI is InChI=1S/C21H23N5O2/c1-15-13-25(14-16(2)28-15)20-18(12-22-24-17-8-4-3-5-9-17)21(27)26-11-7-6-10-19(26)23-20/h3-12,15-16,24H,13-14H2,1-2H3/b22-12+. The number of nitrogens with zero attached hydrogens (tertiary/aromatic N) is 4. The van der Waals surface area contributed by atoms with Crippen molar-refractivity contribution in [3.8, 4) is 0 Å². The van der Waals surface area contributed by atoms with Gasteiger partial charge in [-0.05, 0) is 38.1 Å². The lowest BCUT2D eigenvalue weighted by atomic mass is 10.2. The van der Waals surface area contributed by atoms with Crippen LogP contribution in [0.3, 0.4) is 0 Å². The summed E-state index contributed by atoms with van der Waals surface area (Å²) >= 11 is 0. The van der Waals surface area contributed by atoms with Gasteiger partial charge in [0.05, 0.1) is 24.1 Å². The summed E-state index contributed by atoms with van der Waals surface area (Å²) in [6, 6.07) is 15.1. The largest absolute Gasteiger partial charge is 0.372 e. The van der Waals surface area contributed by atoms with Crippen LogP contribution in [0.25, 0.3) is 5.65 Å². The van der Waals surface area contributed by atoms with Crippen LogP contribution >= 0.6 is 0 Å². The Morgan fingerprint density at radius 2 is 1.82 bits per heavy atom. The number of hydrazone groups is 1. The summed E-state index contributed by atoms with van der Waals surface area (Å²) in [5, 5.41) is 4.29. The Labute approximate surface area is 163 Å². The molecule has 3 heterocycles. The van der Waals surface area contributed by atoms with Crippen LogP contribution in [0.2, 0.25) is 0 Å². The fraction of sp³-hybridized carbons (Fsp3) is 0.286. The van der Waals surface area contributed by atoms with E-state index in [9.17, 15) is 4.79 Å². The molecule has 1 N–H and O–H groups in total. The third-order valence-electron chi connectivity index (χ3n) is 4.63. The van der Waals surface area contributed by atoms with Gasteiger partial charge in [0.25, 0.3) is 5.56 Å². The summed E-state index contributed by atoms with van der Waals surface area (Å²) in [6.07, 6.45) is 3.40. The van der Waals surface area contributed by atoms with Crippen LogP contribution in [0.5, 0.6) is 0 Å². The van der Waals surface area contributed by atoms with Gasteiger partial charge in [0.2, 0.25) is 0 Å². The molecule has 144 valence electrons. The average molecular weight is 377 g/mol. The lowest BCUT2D eigenvalue weighted by molar-refractivity contribution is -0.00546. The molecule has 2 atom stereocenters. The van der Waals surface area contributed by atoms with E-state index in [1.165, 1.54) is 0 Å². The zero-order valence-electron chi connectivity index (χ0n) is 15.9. The van der Waals surface area contributed by atoms with Crippen molar-refractivity contribution < 1.29 is 4.74 Å². The maximum Gasteiger partial charge on any atom is 0.268 e. The van der Waals surface area contributed by atoms with E-state index in [1.54, 1.807) is 16.8 Å².